The lowest BCUT2D eigenvalue weighted by Gasteiger charge is -2.34. The second-order valence-corrected chi connectivity index (χ2v) is 9.69. The highest BCUT2D eigenvalue weighted by atomic mass is 32.2. The third kappa shape index (κ3) is 4.58. The van der Waals surface area contributed by atoms with Gasteiger partial charge >= 0.3 is 0 Å². The highest BCUT2D eigenvalue weighted by Gasteiger charge is 2.31. The highest BCUT2D eigenvalue weighted by Crippen LogP contribution is 2.23. The predicted octanol–water partition coefficient (Wildman–Crippen LogP) is 2.27. The molecule has 11 heteroatoms. The van der Waals surface area contributed by atoms with Gasteiger partial charge in [0.1, 0.15) is 29.1 Å². The molecule has 4 rings (SSSR count). The number of nitrogens with one attached hydrogen (secondary N) is 1. The first-order valence-corrected chi connectivity index (χ1v) is 12.0. The van der Waals surface area contributed by atoms with E-state index in [0.717, 1.165) is 11.4 Å². The molecule has 1 saturated heterocycles. The van der Waals surface area contributed by atoms with Crippen LogP contribution in [0.3, 0.4) is 0 Å². The summed E-state index contributed by atoms with van der Waals surface area (Å²) in [6, 6.07) is 5.75. The summed E-state index contributed by atoms with van der Waals surface area (Å²) < 4.78 is 29.4. The zero-order valence-electron chi connectivity index (χ0n) is 18.8. The van der Waals surface area contributed by atoms with E-state index in [4.69, 9.17) is 0 Å². The van der Waals surface area contributed by atoms with Crippen molar-refractivity contribution in [1.29, 1.82) is 0 Å². The monoisotopic (exact) mass is 456 g/mol. The van der Waals surface area contributed by atoms with Gasteiger partial charge in [-0.3, -0.25) is 0 Å². The molecular weight excluding hydrogens is 428 g/mol. The molecule has 32 heavy (non-hydrogen) atoms. The van der Waals surface area contributed by atoms with Crippen LogP contribution in [0.15, 0.2) is 35.6 Å². The zero-order valence-corrected chi connectivity index (χ0v) is 19.6. The van der Waals surface area contributed by atoms with Crippen molar-refractivity contribution in [2.75, 3.05) is 36.4 Å². The lowest BCUT2D eigenvalue weighted by molar-refractivity contribution is 0.382. The standard InChI is InChI=1S/C21H28N8O2S/c1-5-27-14-21(25-17(27)4)32(30,31)29-10-8-28(9-11-29)20-13-19(23-16(3)24-20)26-18-12-15(2)6-7-22-18/h6-7,12-14H,5,8-11H2,1-4H3,(H,22,23,24,26). The van der Waals surface area contributed by atoms with E-state index in [2.05, 4.69) is 30.2 Å². The number of rotatable bonds is 6. The average Bonchev–Trinajstić information content (AvgIpc) is 3.15. The molecule has 4 heterocycles. The minimum atomic E-state index is -3.62. The van der Waals surface area contributed by atoms with E-state index >= 15 is 0 Å². The molecular formula is C21H28N8O2S. The maximum atomic E-state index is 13.0. The van der Waals surface area contributed by atoms with Gasteiger partial charge < -0.3 is 14.8 Å². The highest BCUT2D eigenvalue weighted by molar-refractivity contribution is 7.89. The van der Waals surface area contributed by atoms with Crippen LogP contribution in [0, 0.1) is 20.8 Å². The van der Waals surface area contributed by atoms with Gasteiger partial charge in [-0.05, 0) is 45.4 Å². The Kier molecular flexibility index (Phi) is 6.11. The third-order valence-electron chi connectivity index (χ3n) is 5.46. The molecule has 0 aromatic carbocycles. The molecule has 0 spiro atoms. The lowest BCUT2D eigenvalue weighted by Crippen LogP contribution is -2.49. The van der Waals surface area contributed by atoms with E-state index in [0.29, 0.717) is 56.0 Å². The molecule has 1 aliphatic rings. The Hall–Kier alpha value is -3.05. The number of piperazine rings is 1. The van der Waals surface area contributed by atoms with Crippen molar-refractivity contribution in [1.82, 2.24) is 28.8 Å². The van der Waals surface area contributed by atoms with Crippen molar-refractivity contribution in [3.05, 3.63) is 47.8 Å². The number of aryl methyl sites for hydroxylation is 4. The number of hydrogen-bond acceptors (Lipinski definition) is 8. The van der Waals surface area contributed by atoms with Crippen LogP contribution in [0.2, 0.25) is 0 Å². The van der Waals surface area contributed by atoms with E-state index in [1.807, 2.05) is 50.5 Å². The Bertz CT molecular complexity index is 1220. The topological polar surface area (TPSA) is 109 Å². The van der Waals surface area contributed by atoms with Crippen LogP contribution in [0.4, 0.5) is 17.5 Å². The number of pyridine rings is 1. The van der Waals surface area contributed by atoms with Crippen LogP contribution >= 0.6 is 0 Å². The summed E-state index contributed by atoms with van der Waals surface area (Å²) in [7, 11) is -3.62. The van der Waals surface area contributed by atoms with Gasteiger partial charge in [0, 0.05) is 51.2 Å². The third-order valence-corrected chi connectivity index (χ3v) is 7.23. The van der Waals surface area contributed by atoms with Crippen molar-refractivity contribution in [2.24, 2.45) is 0 Å². The van der Waals surface area contributed by atoms with Gasteiger partial charge in [-0.1, -0.05) is 0 Å². The first-order chi connectivity index (χ1) is 15.3. The molecule has 0 amide bonds. The van der Waals surface area contributed by atoms with E-state index in [1.165, 1.54) is 4.31 Å². The molecule has 3 aromatic rings. The number of aromatic nitrogens is 5. The zero-order chi connectivity index (χ0) is 22.9. The van der Waals surface area contributed by atoms with Crippen molar-refractivity contribution >= 4 is 27.5 Å². The second-order valence-electron chi connectivity index (χ2n) is 7.81. The van der Waals surface area contributed by atoms with E-state index < -0.39 is 10.0 Å². The fourth-order valence-electron chi connectivity index (χ4n) is 3.73. The minimum Gasteiger partial charge on any atom is -0.354 e. The molecule has 0 radical (unpaired) electrons. The van der Waals surface area contributed by atoms with Crippen molar-refractivity contribution in [3.63, 3.8) is 0 Å². The summed E-state index contributed by atoms with van der Waals surface area (Å²) in [5.41, 5.74) is 1.10. The molecule has 10 nitrogen and oxygen atoms in total. The Morgan fingerprint density at radius 1 is 1.00 bits per heavy atom. The summed E-state index contributed by atoms with van der Waals surface area (Å²) in [6.45, 7) is 10.1. The molecule has 0 unspecified atom stereocenters. The van der Waals surface area contributed by atoms with Gasteiger partial charge in [0.2, 0.25) is 0 Å². The van der Waals surface area contributed by atoms with Gasteiger partial charge in [-0.2, -0.15) is 4.31 Å². The SMILES string of the molecule is CCn1cc(S(=O)(=O)N2CCN(c3cc(Nc4cc(C)ccn4)nc(C)n3)CC2)nc1C. The maximum Gasteiger partial charge on any atom is 0.262 e. The van der Waals surface area contributed by atoms with Crippen LogP contribution in [0.25, 0.3) is 0 Å². The van der Waals surface area contributed by atoms with Crippen LogP contribution in [-0.4, -0.2) is 63.4 Å². The van der Waals surface area contributed by atoms with E-state index in [1.54, 1.807) is 12.4 Å². The van der Waals surface area contributed by atoms with Crippen LogP contribution in [0.5, 0.6) is 0 Å². The van der Waals surface area contributed by atoms with Gasteiger partial charge in [-0.25, -0.2) is 28.4 Å². The van der Waals surface area contributed by atoms with Gasteiger partial charge in [0.05, 0.1) is 0 Å². The minimum absolute atomic E-state index is 0.111. The second kappa shape index (κ2) is 8.83. The summed E-state index contributed by atoms with van der Waals surface area (Å²) in [4.78, 5) is 19.7. The molecule has 1 aliphatic heterocycles. The smallest absolute Gasteiger partial charge is 0.262 e. The van der Waals surface area contributed by atoms with Crippen molar-refractivity contribution in [3.8, 4) is 0 Å². The fraction of sp³-hybridized carbons (Fsp3) is 0.429. The average molecular weight is 457 g/mol. The number of sulfonamides is 1. The van der Waals surface area contributed by atoms with E-state index in [9.17, 15) is 8.42 Å². The molecule has 0 saturated carbocycles. The quantitative estimate of drug-likeness (QED) is 0.602. The van der Waals surface area contributed by atoms with Gasteiger partial charge in [0.25, 0.3) is 10.0 Å². The maximum absolute atomic E-state index is 13.0. The molecule has 1 N–H and O–H groups in total. The molecule has 170 valence electrons. The van der Waals surface area contributed by atoms with Crippen molar-refractivity contribution in [2.45, 2.75) is 39.3 Å². The van der Waals surface area contributed by atoms with Crippen LogP contribution in [-0.2, 0) is 16.6 Å². The predicted molar refractivity (Wildman–Crippen MR) is 123 cm³/mol. The van der Waals surface area contributed by atoms with E-state index in [-0.39, 0.29) is 5.03 Å². The van der Waals surface area contributed by atoms with Gasteiger partial charge in [-0.15, -0.1) is 0 Å². The summed E-state index contributed by atoms with van der Waals surface area (Å²) in [6.07, 6.45) is 3.36. The summed E-state index contributed by atoms with van der Waals surface area (Å²) in [5.74, 6) is 3.46. The molecule has 3 aromatic heterocycles. The molecule has 1 fully saturated rings. The molecule has 0 aliphatic carbocycles. The lowest BCUT2D eigenvalue weighted by atomic mass is 10.3. The Balaban J connectivity index is 1.47. The Labute approximate surface area is 188 Å². The van der Waals surface area contributed by atoms with Crippen LogP contribution < -0.4 is 10.2 Å². The van der Waals surface area contributed by atoms with Crippen molar-refractivity contribution < 1.29 is 8.42 Å². The Morgan fingerprint density at radius 3 is 2.41 bits per heavy atom. The number of imidazole rings is 1. The summed E-state index contributed by atoms with van der Waals surface area (Å²) in [5, 5.41) is 3.34. The normalized spacial score (nSPS) is 15.2. The molecule has 0 atom stereocenters. The largest absolute Gasteiger partial charge is 0.354 e. The number of anilines is 3. The fourth-order valence-corrected chi connectivity index (χ4v) is 5.14. The molecule has 0 bridgehead atoms. The number of hydrogen-bond donors (Lipinski definition) is 1. The Morgan fingerprint density at radius 2 is 1.75 bits per heavy atom. The first-order valence-electron chi connectivity index (χ1n) is 10.6. The number of nitrogens with zero attached hydrogens (tertiary/aromatic N) is 7. The summed E-state index contributed by atoms with van der Waals surface area (Å²) >= 11 is 0. The first kappa shape index (κ1) is 22.2. The van der Waals surface area contributed by atoms with Gasteiger partial charge in [0.15, 0.2) is 5.03 Å². The van der Waals surface area contributed by atoms with Crippen LogP contribution in [0.1, 0.15) is 24.1 Å².